The number of hydrogen-bond acceptors (Lipinski definition) is 14. The van der Waals surface area contributed by atoms with Crippen LogP contribution < -0.4 is 21.3 Å². The van der Waals surface area contributed by atoms with E-state index in [-0.39, 0.29) is 50.1 Å². The summed E-state index contributed by atoms with van der Waals surface area (Å²) in [7, 11) is 7.23. The van der Waals surface area contributed by atoms with Gasteiger partial charge in [-0.2, -0.15) is 0 Å². The maximum absolute atomic E-state index is 12.9. The van der Waals surface area contributed by atoms with Crippen molar-refractivity contribution in [3.8, 4) is 0 Å². The van der Waals surface area contributed by atoms with Gasteiger partial charge in [0.15, 0.2) is 0 Å². The quantitative estimate of drug-likeness (QED) is 0.0334. The van der Waals surface area contributed by atoms with E-state index in [0.717, 1.165) is 52.1 Å². The predicted octanol–water partition coefficient (Wildman–Crippen LogP) is 0.858. The first-order valence-corrected chi connectivity index (χ1v) is 22.7. The Morgan fingerprint density at radius 2 is 0.938 bits per heavy atom. The minimum absolute atomic E-state index is 0.0128. The fourth-order valence-electron chi connectivity index (χ4n) is 7.02. The maximum Gasteiger partial charge on any atom is 0.328 e. The SMILES string of the molecule is [CH]N1CCN(CC(=O)O)CCN(CC(=O)O)CCN(CC(=O)CCCCCCCNC(=O)CCCCCCC(=O)NCCCC[C@H](NC(=O)N[C@@H](CCC(=O)O)C(=O)OC)C(=O)O)CC1. The van der Waals surface area contributed by atoms with Crippen molar-refractivity contribution in [3.63, 3.8) is 0 Å². The largest absolute Gasteiger partial charge is 0.481 e. The van der Waals surface area contributed by atoms with Crippen molar-refractivity contribution in [2.75, 3.05) is 92.2 Å². The molecular formula is C43H74N8O14. The molecule has 8 N–H and O–H groups in total. The maximum atomic E-state index is 12.9. The first kappa shape index (κ1) is 58.1. The molecule has 65 heavy (non-hydrogen) atoms. The van der Waals surface area contributed by atoms with Gasteiger partial charge in [0, 0.05) is 98.2 Å². The molecule has 1 rings (SSSR count). The van der Waals surface area contributed by atoms with Gasteiger partial charge in [-0.1, -0.05) is 32.1 Å². The Hall–Kier alpha value is -4.93. The Kier molecular flexibility index (Phi) is 31.6. The van der Waals surface area contributed by atoms with E-state index in [0.29, 0.717) is 110 Å². The molecule has 0 bridgehead atoms. The third kappa shape index (κ3) is 31.6. The van der Waals surface area contributed by atoms with Crippen LogP contribution in [0.2, 0.25) is 0 Å². The van der Waals surface area contributed by atoms with Crippen molar-refractivity contribution in [1.29, 1.82) is 0 Å². The summed E-state index contributed by atoms with van der Waals surface area (Å²) in [5.41, 5.74) is 0. The van der Waals surface area contributed by atoms with Crippen LogP contribution in [0.3, 0.4) is 0 Å². The van der Waals surface area contributed by atoms with Gasteiger partial charge in [-0.05, 0) is 51.4 Å². The lowest BCUT2D eigenvalue weighted by molar-refractivity contribution is -0.144. The molecule has 1 aliphatic heterocycles. The summed E-state index contributed by atoms with van der Waals surface area (Å²) in [5.74, 6) is -5.28. The predicted molar refractivity (Wildman–Crippen MR) is 237 cm³/mol. The monoisotopic (exact) mass is 927 g/mol. The van der Waals surface area contributed by atoms with Gasteiger partial charge in [0.2, 0.25) is 11.8 Å². The smallest absolute Gasteiger partial charge is 0.328 e. The number of carbonyl (C=O) groups is 9. The van der Waals surface area contributed by atoms with Gasteiger partial charge >= 0.3 is 35.9 Å². The van der Waals surface area contributed by atoms with Crippen LogP contribution in [0.1, 0.15) is 109 Å². The molecule has 2 radical (unpaired) electrons. The van der Waals surface area contributed by atoms with Gasteiger partial charge in [0.25, 0.3) is 0 Å². The molecule has 0 saturated carbocycles. The molecule has 22 heteroatoms. The van der Waals surface area contributed by atoms with Crippen LogP contribution in [0.5, 0.6) is 0 Å². The number of rotatable bonds is 33. The third-order valence-electron chi connectivity index (χ3n) is 10.8. The number of aliphatic carboxylic acids is 4. The lowest BCUT2D eigenvalue weighted by Gasteiger charge is -2.32. The number of amides is 4. The summed E-state index contributed by atoms with van der Waals surface area (Å²) >= 11 is 0. The van der Waals surface area contributed by atoms with Crippen molar-refractivity contribution in [2.24, 2.45) is 0 Å². The number of urea groups is 1. The highest BCUT2D eigenvalue weighted by molar-refractivity contribution is 5.87. The lowest BCUT2D eigenvalue weighted by atomic mass is 10.1. The van der Waals surface area contributed by atoms with Gasteiger partial charge in [-0.3, -0.25) is 48.4 Å². The van der Waals surface area contributed by atoms with Gasteiger partial charge in [-0.25, -0.2) is 14.4 Å². The molecule has 1 aliphatic rings. The minimum Gasteiger partial charge on any atom is -0.481 e. The highest BCUT2D eigenvalue weighted by atomic mass is 16.5. The van der Waals surface area contributed by atoms with E-state index in [1.165, 1.54) is 0 Å². The molecule has 2 atom stereocenters. The lowest BCUT2D eigenvalue weighted by Crippen LogP contribution is -2.51. The summed E-state index contributed by atoms with van der Waals surface area (Å²) in [6.07, 6.45) is 8.76. The average Bonchev–Trinajstić information content (AvgIpc) is 3.24. The number of carboxylic acids is 4. The highest BCUT2D eigenvalue weighted by Crippen LogP contribution is 2.09. The Balaban J connectivity index is 2.16. The molecule has 370 valence electrons. The summed E-state index contributed by atoms with van der Waals surface area (Å²) in [6, 6.07) is -3.47. The standard InChI is InChI=1S/C43H74N8O14/c1-48-22-24-49(26-27-51(32-40(59)60)29-28-50(25-23-48)31-39(57)58)30-33(52)14-8-4-3-7-12-20-44-36(53)16-9-5-6-10-17-37(54)45-21-13-11-15-34(41(61)62)46-43(64)47-35(42(63)65-2)18-19-38(55)56/h1,34-35H,3-32H2,2H3,(H,44,53)(H,45,54)(H,55,56)(H,57,58)(H,59,60)(H,61,62)(H2,46,47,64)/t34-,35-/m0/s1. The number of ketones is 1. The second-order valence-electron chi connectivity index (χ2n) is 16.3. The van der Waals surface area contributed by atoms with Crippen molar-refractivity contribution in [3.05, 3.63) is 7.05 Å². The Labute approximate surface area is 382 Å². The zero-order valence-electron chi connectivity index (χ0n) is 38.1. The number of nitrogens with one attached hydrogen (secondary N) is 4. The number of nitrogens with zero attached hydrogens (tertiary/aromatic N) is 4. The van der Waals surface area contributed by atoms with Crippen LogP contribution in [0.4, 0.5) is 4.79 Å². The van der Waals surface area contributed by atoms with Crippen molar-refractivity contribution >= 4 is 53.5 Å². The van der Waals surface area contributed by atoms with Crippen LogP contribution in [0.25, 0.3) is 0 Å². The minimum atomic E-state index is -1.29. The zero-order valence-corrected chi connectivity index (χ0v) is 38.1. The van der Waals surface area contributed by atoms with Crippen LogP contribution >= 0.6 is 0 Å². The number of carboxylic acid groups (broad SMARTS) is 4. The van der Waals surface area contributed by atoms with Crippen LogP contribution in [0, 0.1) is 7.05 Å². The molecule has 22 nitrogen and oxygen atoms in total. The highest BCUT2D eigenvalue weighted by Gasteiger charge is 2.26. The van der Waals surface area contributed by atoms with Crippen molar-refractivity contribution < 1.29 is 68.3 Å². The van der Waals surface area contributed by atoms with E-state index in [1.807, 2.05) is 4.90 Å². The summed E-state index contributed by atoms with van der Waals surface area (Å²) in [5, 5.41) is 47.2. The summed E-state index contributed by atoms with van der Waals surface area (Å²) < 4.78 is 4.56. The summed E-state index contributed by atoms with van der Waals surface area (Å²) in [4.78, 5) is 114. The normalized spacial score (nSPS) is 15.6. The first-order chi connectivity index (χ1) is 31.0. The fraction of sp³-hybridized carbons (Fsp3) is 0.767. The number of esters is 1. The van der Waals surface area contributed by atoms with E-state index < -0.39 is 54.4 Å². The van der Waals surface area contributed by atoms with Crippen molar-refractivity contribution in [1.82, 2.24) is 40.9 Å². The topological polar surface area (TPSA) is 305 Å². The molecule has 0 aromatic rings. The Bertz CT molecular complexity index is 1490. The van der Waals surface area contributed by atoms with Crippen LogP contribution in [0.15, 0.2) is 0 Å². The van der Waals surface area contributed by atoms with E-state index in [2.05, 4.69) is 26.0 Å². The molecule has 1 fully saturated rings. The second kappa shape index (κ2) is 35.3. The number of Topliss-reactive ketones (excluding diaryl/α,β-unsaturated/α-hetero) is 1. The third-order valence-corrected chi connectivity index (χ3v) is 10.8. The second-order valence-corrected chi connectivity index (χ2v) is 16.3. The number of ether oxygens (including phenoxy) is 1. The molecule has 0 aliphatic carbocycles. The van der Waals surface area contributed by atoms with Gasteiger partial charge in [0.1, 0.15) is 17.9 Å². The van der Waals surface area contributed by atoms with Gasteiger partial charge in [0.05, 0.1) is 26.7 Å². The Morgan fingerprint density at radius 3 is 1.42 bits per heavy atom. The van der Waals surface area contributed by atoms with E-state index >= 15 is 0 Å². The average molecular weight is 927 g/mol. The number of unbranched alkanes of at least 4 members (excludes halogenated alkanes) is 8. The van der Waals surface area contributed by atoms with Gasteiger partial charge < -0.3 is 46.4 Å². The molecule has 0 unspecified atom stereocenters. The molecule has 4 amide bonds. The van der Waals surface area contributed by atoms with Gasteiger partial charge in [-0.15, -0.1) is 0 Å². The summed E-state index contributed by atoms with van der Waals surface area (Å²) in [6.45, 7) is 4.38. The first-order valence-electron chi connectivity index (χ1n) is 22.7. The number of methoxy groups -OCH3 is 1. The van der Waals surface area contributed by atoms with Crippen LogP contribution in [-0.2, 0) is 43.1 Å². The molecule has 0 aromatic heterocycles. The zero-order chi connectivity index (χ0) is 48.4. The molecule has 0 aromatic carbocycles. The van der Waals surface area contributed by atoms with E-state index in [1.54, 1.807) is 14.7 Å². The fourth-order valence-corrected chi connectivity index (χ4v) is 7.02. The molecule has 0 spiro atoms. The van der Waals surface area contributed by atoms with E-state index in [9.17, 15) is 58.5 Å². The Morgan fingerprint density at radius 1 is 0.508 bits per heavy atom. The van der Waals surface area contributed by atoms with Crippen LogP contribution in [-0.4, -0.2) is 198 Å². The molecule has 1 saturated heterocycles. The molecule has 1 heterocycles. The molecular weight excluding hydrogens is 853 g/mol. The number of carbonyl (C=O) groups excluding carboxylic acids is 5. The number of hydrogen-bond donors (Lipinski definition) is 8. The van der Waals surface area contributed by atoms with Crippen molar-refractivity contribution in [2.45, 2.75) is 121 Å². The van der Waals surface area contributed by atoms with E-state index in [4.69, 9.17) is 12.2 Å².